The summed E-state index contributed by atoms with van der Waals surface area (Å²) >= 11 is 0. The monoisotopic (exact) mass is 168 g/mol. The predicted molar refractivity (Wildman–Crippen MR) is 48.3 cm³/mol. The molecule has 3 heteroatoms. The Balaban J connectivity index is 3.03. The summed E-state index contributed by atoms with van der Waals surface area (Å²) in [6.07, 6.45) is 2.08. The Kier molecular flexibility index (Phi) is 2.74. The van der Waals surface area contributed by atoms with Gasteiger partial charge in [-0.05, 0) is 20.3 Å². The van der Waals surface area contributed by atoms with Crippen LogP contribution in [0.1, 0.15) is 31.5 Å². The largest absolute Gasteiger partial charge is 0.492 e. The molecule has 1 aromatic rings. The van der Waals surface area contributed by atoms with Gasteiger partial charge in [0.1, 0.15) is 0 Å². The van der Waals surface area contributed by atoms with Gasteiger partial charge >= 0.3 is 0 Å². The maximum atomic E-state index is 9.35. The normalized spacial score (nSPS) is 10.6. The average molecular weight is 168 g/mol. The lowest BCUT2D eigenvalue weighted by molar-refractivity contribution is 0.436. The maximum Gasteiger partial charge on any atom is 0.233 e. The fourth-order valence-electron chi connectivity index (χ4n) is 1.39. The van der Waals surface area contributed by atoms with Crippen LogP contribution < -0.4 is 0 Å². The van der Waals surface area contributed by atoms with Crippen molar-refractivity contribution in [2.24, 2.45) is 0 Å². The van der Waals surface area contributed by atoms with Gasteiger partial charge in [0.2, 0.25) is 5.88 Å². The minimum atomic E-state index is 0.181. The summed E-state index contributed by atoms with van der Waals surface area (Å²) in [5.41, 5.74) is 2.09. The van der Waals surface area contributed by atoms with E-state index in [1.54, 1.807) is 0 Å². The zero-order valence-electron chi connectivity index (χ0n) is 7.96. The molecule has 12 heavy (non-hydrogen) atoms. The van der Waals surface area contributed by atoms with Crippen molar-refractivity contribution in [1.82, 2.24) is 9.78 Å². The number of aryl methyl sites for hydroxylation is 1. The SMILES string of the molecule is CCCc1c(C)c(O)nn1CC. The fourth-order valence-corrected chi connectivity index (χ4v) is 1.39. The van der Waals surface area contributed by atoms with E-state index in [9.17, 15) is 5.11 Å². The third-order valence-corrected chi connectivity index (χ3v) is 2.08. The summed E-state index contributed by atoms with van der Waals surface area (Å²) in [4.78, 5) is 0. The molecule has 0 aliphatic carbocycles. The second kappa shape index (κ2) is 3.61. The minimum absolute atomic E-state index is 0.181. The van der Waals surface area contributed by atoms with E-state index in [1.165, 1.54) is 0 Å². The van der Waals surface area contributed by atoms with Crippen molar-refractivity contribution in [2.45, 2.75) is 40.2 Å². The number of aromatic nitrogens is 2. The molecular formula is C9H16N2O. The van der Waals surface area contributed by atoms with Gasteiger partial charge in [0, 0.05) is 17.8 Å². The van der Waals surface area contributed by atoms with E-state index in [0.717, 1.165) is 30.6 Å². The molecule has 1 rings (SSSR count). The van der Waals surface area contributed by atoms with Crippen molar-refractivity contribution >= 4 is 0 Å². The predicted octanol–water partition coefficient (Wildman–Crippen LogP) is 1.87. The standard InChI is InChI=1S/C9H16N2O/c1-4-6-8-7(3)9(12)10-11(8)5-2/h4-6H2,1-3H3,(H,10,12). The number of rotatable bonds is 3. The molecule has 0 saturated heterocycles. The third kappa shape index (κ3) is 1.44. The van der Waals surface area contributed by atoms with Crippen molar-refractivity contribution in [3.63, 3.8) is 0 Å². The molecule has 1 heterocycles. The number of aromatic hydroxyl groups is 1. The molecule has 0 bridgehead atoms. The van der Waals surface area contributed by atoms with Crippen molar-refractivity contribution in [3.8, 4) is 5.88 Å². The lowest BCUT2D eigenvalue weighted by Gasteiger charge is -2.02. The first-order valence-electron chi connectivity index (χ1n) is 4.45. The number of hydrogen-bond donors (Lipinski definition) is 1. The van der Waals surface area contributed by atoms with Crippen molar-refractivity contribution in [2.75, 3.05) is 0 Å². The van der Waals surface area contributed by atoms with Gasteiger partial charge in [-0.2, -0.15) is 0 Å². The molecule has 0 unspecified atom stereocenters. The first kappa shape index (κ1) is 9.10. The minimum Gasteiger partial charge on any atom is -0.492 e. The Bertz CT molecular complexity index is 266. The van der Waals surface area contributed by atoms with Crippen LogP contribution in [-0.2, 0) is 13.0 Å². The average Bonchev–Trinajstić information content (AvgIpc) is 2.33. The van der Waals surface area contributed by atoms with Gasteiger partial charge in [-0.3, -0.25) is 4.68 Å². The fraction of sp³-hybridized carbons (Fsp3) is 0.667. The molecule has 0 fully saturated rings. The zero-order chi connectivity index (χ0) is 9.14. The van der Waals surface area contributed by atoms with Crippen LogP contribution in [0.4, 0.5) is 0 Å². The van der Waals surface area contributed by atoms with E-state index in [-0.39, 0.29) is 5.88 Å². The second-order valence-corrected chi connectivity index (χ2v) is 2.96. The summed E-state index contributed by atoms with van der Waals surface area (Å²) in [7, 11) is 0. The van der Waals surface area contributed by atoms with Crippen LogP contribution in [0.15, 0.2) is 0 Å². The Hall–Kier alpha value is -0.990. The van der Waals surface area contributed by atoms with E-state index in [1.807, 2.05) is 18.5 Å². The van der Waals surface area contributed by atoms with Crippen LogP contribution in [-0.4, -0.2) is 14.9 Å². The topological polar surface area (TPSA) is 38.1 Å². The lowest BCUT2D eigenvalue weighted by Crippen LogP contribution is -2.02. The summed E-state index contributed by atoms with van der Waals surface area (Å²) in [5.74, 6) is 0.181. The number of hydrogen-bond acceptors (Lipinski definition) is 2. The third-order valence-electron chi connectivity index (χ3n) is 2.08. The molecule has 0 spiro atoms. The van der Waals surface area contributed by atoms with Gasteiger partial charge in [-0.25, -0.2) is 0 Å². The molecule has 1 N–H and O–H groups in total. The highest BCUT2D eigenvalue weighted by Gasteiger charge is 2.10. The molecule has 0 saturated carbocycles. The van der Waals surface area contributed by atoms with Gasteiger partial charge in [0.15, 0.2) is 0 Å². The van der Waals surface area contributed by atoms with Crippen LogP contribution in [0.25, 0.3) is 0 Å². The Morgan fingerprint density at radius 3 is 2.58 bits per heavy atom. The molecular weight excluding hydrogens is 152 g/mol. The van der Waals surface area contributed by atoms with Gasteiger partial charge in [-0.15, -0.1) is 5.10 Å². The van der Waals surface area contributed by atoms with E-state index < -0.39 is 0 Å². The van der Waals surface area contributed by atoms with Gasteiger partial charge < -0.3 is 5.11 Å². The zero-order valence-corrected chi connectivity index (χ0v) is 7.96. The van der Waals surface area contributed by atoms with Crippen LogP contribution in [0, 0.1) is 6.92 Å². The van der Waals surface area contributed by atoms with E-state index in [2.05, 4.69) is 12.0 Å². The molecule has 0 amide bonds. The molecule has 0 radical (unpaired) electrons. The molecule has 0 aliphatic rings. The molecule has 0 aliphatic heterocycles. The highest BCUT2D eigenvalue weighted by atomic mass is 16.3. The summed E-state index contributed by atoms with van der Waals surface area (Å²) in [5, 5.41) is 13.4. The Morgan fingerprint density at radius 2 is 2.08 bits per heavy atom. The highest BCUT2D eigenvalue weighted by Crippen LogP contribution is 2.19. The Morgan fingerprint density at radius 1 is 1.42 bits per heavy atom. The molecule has 0 aromatic carbocycles. The van der Waals surface area contributed by atoms with Crippen molar-refractivity contribution in [1.29, 1.82) is 0 Å². The Labute approximate surface area is 73.0 Å². The van der Waals surface area contributed by atoms with Crippen LogP contribution in [0.3, 0.4) is 0 Å². The van der Waals surface area contributed by atoms with Crippen LogP contribution >= 0.6 is 0 Å². The first-order chi connectivity index (χ1) is 5.70. The summed E-state index contributed by atoms with van der Waals surface area (Å²) < 4.78 is 1.87. The van der Waals surface area contributed by atoms with E-state index >= 15 is 0 Å². The van der Waals surface area contributed by atoms with E-state index in [0.29, 0.717) is 0 Å². The first-order valence-corrected chi connectivity index (χ1v) is 4.45. The summed E-state index contributed by atoms with van der Waals surface area (Å²) in [6.45, 7) is 6.91. The molecule has 68 valence electrons. The maximum absolute atomic E-state index is 9.35. The quantitative estimate of drug-likeness (QED) is 0.748. The summed E-state index contributed by atoms with van der Waals surface area (Å²) in [6, 6.07) is 0. The number of nitrogens with zero attached hydrogens (tertiary/aromatic N) is 2. The van der Waals surface area contributed by atoms with Crippen molar-refractivity contribution in [3.05, 3.63) is 11.3 Å². The van der Waals surface area contributed by atoms with Gasteiger partial charge in [0.05, 0.1) is 0 Å². The molecule has 0 atom stereocenters. The molecule has 1 aromatic heterocycles. The van der Waals surface area contributed by atoms with Gasteiger partial charge in [-0.1, -0.05) is 13.3 Å². The highest BCUT2D eigenvalue weighted by molar-refractivity contribution is 5.28. The second-order valence-electron chi connectivity index (χ2n) is 2.96. The van der Waals surface area contributed by atoms with Gasteiger partial charge in [0.25, 0.3) is 0 Å². The lowest BCUT2D eigenvalue weighted by atomic mass is 10.2. The van der Waals surface area contributed by atoms with Crippen molar-refractivity contribution < 1.29 is 5.11 Å². The van der Waals surface area contributed by atoms with Crippen LogP contribution in [0.2, 0.25) is 0 Å². The smallest absolute Gasteiger partial charge is 0.233 e. The molecule has 3 nitrogen and oxygen atoms in total. The van der Waals surface area contributed by atoms with E-state index in [4.69, 9.17) is 0 Å². The van der Waals surface area contributed by atoms with Crippen LogP contribution in [0.5, 0.6) is 5.88 Å².